The normalized spacial score (nSPS) is 14.3. The number of ether oxygens (including phenoxy) is 1. The summed E-state index contributed by atoms with van der Waals surface area (Å²) in [5.74, 6) is 0.781. The summed E-state index contributed by atoms with van der Waals surface area (Å²) in [4.78, 5) is 0. The third kappa shape index (κ3) is 20.9. The predicted octanol–water partition coefficient (Wildman–Crippen LogP) is 6.58. The van der Waals surface area contributed by atoms with Crippen molar-refractivity contribution in [2.45, 2.75) is 116 Å². The van der Waals surface area contributed by atoms with Gasteiger partial charge in [0, 0.05) is 17.6 Å². The molecule has 0 aliphatic carbocycles. The van der Waals surface area contributed by atoms with Gasteiger partial charge in [0.1, 0.15) is 0 Å². The molecule has 4 nitrogen and oxygen atoms in total. The average molecular weight is 439 g/mol. The van der Waals surface area contributed by atoms with E-state index < -0.39 is 10.1 Å². The van der Waals surface area contributed by atoms with Crippen LogP contribution in [-0.2, 0) is 19.0 Å². The Morgan fingerprint density at radius 3 is 1.79 bits per heavy atom. The van der Waals surface area contributed by atoms with Crippen LogP contribution in [0.4, 0.5) is 0 Å². The van der Waals surface area contributed by atoms with E-state index in [9.17, 15) is 8.42 Å². The van der Waals surface area contributed by atoms with Gasteiger partial charge in [0.05, 0.1) is 19.0 Å². The Morgan fingerprint density at radius 2 is 1.32 bits per heavy atom. The van der Waals surface area contributed by atoms with Gasteiger partial charge in [0.15, 0.2) is 0 Å². The zero-order valence-corrected chi connectivity index (χ0v) is 20.6. The highest BCUT2D eigenvalue weighted by atomic mass is 32.2. The summed E-state index contributed by atoms with van der Waals surface area (Å²) in [7, 11) is -3.40. The molecule has 2 atom stereocenters. The van der Waals surface area contributed by atoms with E-state index in [2.05, 4.69) is 13.8 Å². The van der Waals surface area contributed by atoms with Crippen LogP contribution in [0.2, 0.25) is 0 Å². The van der Waals surface area contributed by atoms with E-state index >= 15 is 0 Å². The fraction of sp³-hybridized carbons (Fsp3) is 1.00. The topological polar surface area (TPSA) is 52.6 Å². The Hall–Kier alpha value is 0.220. The molecule has 0 heterocycles. The Kier molecular flexibility index (Phi) is 19.4. The second kappa shape index (κ2) is 19.2. The fourth-order valence-corrected chi connectivity index (χ4v) is 4.68. The highest BCUT2D eigenvalue weighted by Gasteiger charge is 2.14. The molecule has 0 aromatic carbocycles. The van der Waals surface area contributed by atoms with Gasteiger partial charge in [-0.2, -0.15) is 20.2 Å². The summed E-state index contributed by atoms with van der Waals surface area (Å²) in [5, 5.41) is 0.573. The van der Waals surface area contributed by atoms with Crippen molar-refractivity contribution in [2.75, 3.05) is 25.2 Å². The van der Waals surface area contributed by atoms with Crippen molar-refractivity contribution in [3.63, 3.8) is 0 Å². The van der Waals surface area contributed by atoms with Crippen molar-refractivity contribution >= 4 is 21.9 Å². The van der Waals surface area contributed by atoms with Crippen molar-refractivity contribution in [1.29, 1.82) is 0 Å². The Morgan fingerprint density at radius 1 is 0.821 bits per heavy atom. The Balaban J connectivity index is 3.56. The summed E-state index contributed by atoms with van der Waals surface area (Å²) in [6.07, 6.45) is 18.7. The highest BCUT2D eigenvalue weighted by Crippen LogP contribution is 2.20. The summed E-state index contributed by atoms with van der Waals surface area (Å²) < 4.78 is 32.7. The van der Waals surface area contributed by atoms with Crippen LogP contribution >= 0.6 is 11.8 Å². The number of unbranched alkanes of at least 4 members (excludes halogenated alkanes) is 11. The molecule has 28 heavy (non-hydrogen) atoms. The van der Waals surface area contributed by atoms with Gasteiger partial charge in [-0.25, -0.2) is 0 Å². The fourth-order valence-electron chi connectivity index (χ4n) is 3.21. The van der Waals surface area contributed by atoms with Crippen molar-refractivity contribution in [3.05, 3.63) is 0 Å². The van der Waals surface area contributed by atoms with Gasteiger partial charge < -0.3 is 4.74 Å². The van der Waals surface area contributed by atoms with Gasteiger partial charge in [-0.1, -0.05) is 90.9 Å². The number of thioether (sulfide) groups is 1. The lowest BCUT2D eigenvalue weighted by Crippen LogP contribution is -2.25. The average Bonchev–Trinajstić information content (AvgIpc) is 2.64. The molecular weight excluding hydrogens is 392 g/mol. The molecule has 0 spiro atoms. The molecule has 0 N–H and O–H groups in total. The second-order valence-corrected chi connectivity index (χ2v) is 11.0. The van der Waals surface area contributed by atoms with Crippen LogP contribution in [0.25, 0.3) is 0 Å². The van der Waals surface area contributed by atoms with Crippen LogP contribution in [0.5, 0.6) is 0 Å². The molecule has 6 heteroatoms. The number of hydrogen-bond acceptors (Lipinski definition) is 5. The lowest BCUT2D eigenvalue weighted by atomic mass is 10.0. The maximum atomic E-state index is 11.1. The summed E-state index contributed by atoms with van der Waals surface area (Å²) in [5.41, 5.74) is 0. The highest BCUT2D eigenvalue weighted by molar-refractivity contribution is 7.99. The zero-order valence-electron chi connectivity index (χ0n) is 18.9. The number of hydrogen-bond donors (Lipinski definition) is 0. The van der Waals surface area contributed by atoms with E-state index in [1.165, 1.54) is 83.5 Å². The minimum absolute atomic E-state index is 0.116. The lowest BCUT2D eigenvalue weighted by molar-refractivity contribution is 0.0453. The first kappa shape index (κ1) is 28.2. The van der Waals surface area contributed by atoms with E-state index in [4.69, 9.17) is 8.92 Å². The first-order chi connectivity index (χ1) is 13.4. The maximum absolute atomic E-state index is 11.1. The molecule has 0 radical (unpaired) electrons. The molecule has 2 unspecified atom stereocenters. The lowest BCUT2D eigenvalue weighted by Gasteiger charge is -2.18. The zero-order chi connectivity index (χ0) is 21.1. The third-order valence-corrected chi connectivity index (χ3v) is 6.83. The van der Waals surface area contributed by atoms with Crippen molar-refractivity contribution < 1.29 is 17.3 Å². The molecule has 0 bridgehead atoms. The van der Waals surface area contributed by atoms with E-state index in [0.29, 0.717) is 11.9 Å². The van der Waals surface area contributed by atoms with Crippen molar-refractivity contribution in [3.8, 4) is 0 Å². The molecular formula is C22H46O4S2. The molecule has 0 saturated carbocycles. The van der Waals surface area contributed by atoms with Gasteiger partial charge in [-0.15, -0.1) is 0 Å². The van der Waals surface area contributed by atoms with Gasteiger partial charge in [-0.05, 0) is 13.3 Å². The minimum Gasteiger partial charge on any atom is -0.375 e. The van der Waals surface area contributed by atoms with Crippen LogP contribution in [-0.4, -0.2) is 45.0 Å². The smallest absolute Gasteiger partial charge is 0.264 e. The van der Waals surface area contributed by atoms with E-state index in [-0.39, 0.29) is 12.7 Å². The Labute approximate surface area is 180 Å². The molecule has 0 aromatic heterocycles. The van der Waals surface area contributed by atoms with Crippen LogP contribution in [0.15, 0.2) is 0 Å². The maximum Gasteiger partial charge on any atom is 0.264 e. The van der Waals surface area contributed by atoms with Crippen molar-refractivity contribution in [1.82, 2.24) is 0 Å². The van der Waals surface area contributed by atoms with Crippen LogP contribution in [0.3, 0.4) is 0 Å². The van der Waals surface area contributed by atoms with Crippen LogP contribution < -0.4 is 0 Å². The third-order valence-electron chi connectivity index (χ3n) is 4.90. The monoisotopic (exact) mass is 438 g/mol. The molecule has 170 valence electrons. The standard InChI is InChI=1S/C22H46O4S2/c1-5-7-8-9-10-11-12-13-14-15-16-17-18-21(3)27-20-22(25-6-2)19-26-28(4,23)24/h21-22H,5-20H2,1-4H3. The van der Waals surface area contributed by atoms with E-state index in [1.54, 1.807) is 0 Å². The first-order valence-electron chi connectivity index (χ1n) is 11.5. The molecule has 0 saturated heterocycles. The van der Waals surface area contributed by atoms with E-state index in [0.717, 1.165) is 12.0 Å². The second-order valence-electron chi connectivity index (χ2n) is 7.89. The summed E-state index contributed by atoms with van der Waals surface area (Å²) in [6.45, 7) is 7.14. The molecule has 0 fully saturated rings. The molecule has 0 amide bonds. The predicted molar refractivity (Wildman–Crippen MR) is 124 cm³/mol. The minimum atomic E-state index is -3.40. The van der Waals surface area contributed by atoms with E-state index in [1.807, 2.05) is 18.7 Å². The number of rotatable bonds is 21. The summed E-state index contributed by atoms with van der Waals surface area (Å²) in [6, 6.07) is 0. The largest absolute Gasteiger partial charge is 0.375 e. The van der Waals surface area contributed by atoms with Gasteiger partial charge in [-0.3, -0.25) is 4.18 Å². The van der Waals surface area contributed by atoms with Gasteiger partial charge in [0.2, 0.25) is 0 Å². The summed E-state index contributed by atoms with van der Waals surface area (Å²) >= 11 is 1.86. The van der Waals surface area contributed by atoms with Gasteiger partial charge in [0.25, 0.3) is 10.1 Å². The van der Waals surface area contributed by atoms with Crippen molar-refractivity contribution in [2.24, 2.45) is 0 Å². The molecule has 0 aromatic rings. The molecule has 0 aliphatic heterocycles. The molecule has 0 rings (SSSR count). The van der Waals surface area contributed by atoms with Gasteiger partial charge >= 0.3 is 0 Å². The van der Waals surface area contributed by atoms with Crippen LogP contribution in [0.1, 0.15) is 104 Å². The quantitative estimate of drug-likeness (QED) is 0.150. The molecule has 0 aliphatic rings. The Bertz CT molecular complexity index is 426. The van der Waals surface area contributed by atoms with Crippen LogP contribution in [0, 0.1) is 0 Å². The first-order valence-corrected chi connectivity index (χ1v) is 14.3. The SMILES string of the molecule is CCCCCCCCCCCCCCC(C)SCC(COS(C)(=O)=O)OCC.